The number of carbonyl (C=O) groups is 1. The Bertz CT molecular complexity index is 383. The number of amides is 1. The molecule has 1 saturated heterocycles. The molecule has 0 saturated carbocycles. The van der Waals surface area contributed by atoms with E-state index in [-0.39, 0.29) is 11.8 Å². The lowest BCUT2D eigenvalue weighted by atomic mass is 10.2. The fourth-order valence-electron chi connectivity index (χ4n) is 2.43. The monoisotopic (exact) mass is 266 g/mol. The molecule has 3 nitrogen and oxygen atoms in total. The summed E-state index contributed by atoms with van der Waals surface area (Å²) in [4.78, 5) is 13.6. The molecule has 1 aromatic carbocycles. The molecule has 1 atom stereocenters. The van der Waals surface area contributed by atoms with Crippen molar-refractivity contribution in [2.45, 2.75) is 25.4 Å². The topological polar surface area (TPSA) is 32.3 Å². The third-order valence-electron chi connectivity index (χ3n) is 3.38. The normalized spacial score (nSPS) is 19.9. The lowest BCUT2D eigenvalue weighted by Gasteiger charge is -2.24. The summed E-state index contributed by atoms with van der Waals surface area (Å²) in [5.41, 5.74) is 1.33. The zero-order chi connectivity index (χ0) is 12.8. The second-order valence-corrected chi connectivity index (χ2v) is 4.96. The summed E-state index contributed by atoms with van der Waals surface area (Å²) in [6.07, 6.45) is 2.35. The van der Waals surface area contributed by atoms with E-state index >= 15 is 0 Å². The summed E-state index contributed by atoms with van der Waals surface area (Å²) in [5, 5.41) is 2.88. The average Bonchev–Trinajstić information content (AvgIpc) is 2.84. The zero-order valence-corrected chi connectivity index (χ0v) is 11.2. The molecule has 0 bridgehead atoms. The second-order valence-electron chi connectivity index (χ2n) is 4.69. The average molecular weight is 267 g/mol. The predicted octanol–water partition coefficient (Wildman–Crippen LogP) is 2.01. The number of carbonyl (C=O) groups excluding carboxylic acids is 1. The first kappa shape index (κ1) is 13.4. The van der Waals surface area contributed by atoms with Crippen molar-refractivity contribution < 1.29 is 4.79 Å². The van der Waals surface area contributed by atoms with Gasteiger partial charge in [0.15, 0.2) is 0 Å². The van der Waals surface area contributed by atoms with Crippen LogP contribution in [0.3, 0.4) is 0 Å². The van der Waals surface area contributed by atoms with Gasteiger partial charge in [-0.3, -0.25) is 9.69 Å². The number of nitrogens with one attached hydrogen (secondary N) is 1. The van der Waals surface area contributed by atoms with Gasteiger partial charge in [0.05, 0.1) is 0 Å². The third kappa shape index (κ3) is 3.72. The number of hydrogen-bond donors (Lipinski definition) is 1. The zero-order valence-electron chi connectivity index (χ0n) is 10.4. The van der Waals surface area contributed by atoms with Gasteiger partial charge in [-0.15, -0.1) is 11.6 Å². The minimum absolute atomic E-state index is 0.0470. The molecule has 1 heterocycles. The van der Waals surface area contributed by atoms with E-state index in [1.807, 2.05) is 6.07 Å². The van der Waals surface area contributed by atoms with Crippen molar-refractivity contribution in [2.24, 2.45) is 0 Å². The summed E-state index contributed by atoms with van der Waals surface area (Å²) in [6, 6.07) is 10.9. The van der Waals surface area contributed by atoms with Gasteiger partial charge in [0, 0.05) is 19.1 Å². The molecule has 1 aromatic rings. The van der Waals surface area contributed by atoms with Crippen molar-refractivity contribution >= 4 is 17.5 Å². The van der Waals surface area contributed by atoms with Gasteiger partial charge in [-0.25, -0.2) is 0 Å². The van der Waals surface area contributed by atoms with Crippen LogP contribution in [-0.4, -0.2) is 35.8 Å². The standard InChI is InChI=1S/C14H19ClN2O/c15-9-14(18)16-10-13-7-4-8-17(13)11-12-5-2-1-3-6-12/h1-3,5-6,13H,4,7-11H2,(H,16,18). The molecule has 1 fully saturated rings. The van der Waals surface area contributed by atoms with Crippen molar-refractivity contribution in [3.8, 4) is 0 Å². The van der Waals surface area contributed by atoms with Crippen LogP contribution in [0.25, 0.3) is 0 Å². The molecular weight excluding hydrogens is 248 g/mol. The number of likely N-dealkylation sites (tertiary alicyclic amines) is 1. The van der Waals surface area contributed by atoms with Crippen LogP contribution in [0.15, 0.2) is 30.3 Å². The highest BCUT2D eigenvalue weighted by Crippen LogP contribution is 2.19. The summed E-state index contributed by atoms with van der Waals surface area (Å²) in [5.74, 6) is -0.0333. The van der Waals surface area contributed by atoms with Gasteiger partial charge in [-0.1, -0.05) is 30.3 Å². The van der Waals surface area contributed by atoms with Gasteiger partial charge in [0.25, 0.3) is 0 Å². The largest absolute Gasteiger partial charge is 0.353 e. The highest BCUT2D eigenvalue weighted by Gasteiger charge is 2.24. The fraction of sp³-hybridized carbons (Fsp3) is 0.500. The molecule has 0 radical (unpaired) electrons. The van der Waals surface area contributed by atoms with E-state index in [0.717, 1.165) is 19.5 Å². The molecule has 1 unspecified atom stereocenters. The quantitative estimate of drug-likeness (QED) is 0.827. The third-order valence-corrected chi connectivity index (χ3v) is 3.63. The highest BCUT2D eigenvalue weighted by molar-refractivity contribution is 6.27. The molecular formula is C14H19ClN2O. The smallest absolute Gasteiger partial charge is 0.234 e. The van der Waals surface area contributed by atoms with Crippen LogP contribution in [0.4, 0.5) is 0 Å². The van der Waals surface area contributed by atoms with Gasteiger partial charge in [-0.05, 0) is 24.9 Å². The van der Waals surface area contributed by atoms with Gasteiger partial charge in [-0.2, -0.15) is 0 Å². The first-order valence-corrected chi connectivity index (χ1v) is 6.93. The number of alkyl halides is 1. The van der Waals surface area contributed by atoms with Crippen LogP contribution in [0.1, 0.15) is 18.4 Å². The number of nitrogens with zero attached hydrogens (tertiary/aromatic N) is 1. The van der Waals surface area contributed by atoms with Crippen LogP contribution >= 0.6 is 11.6 Å². The molecule has 4 heteroatoms. The van der Waals surface area contributed by atoms with Crippen molar-refractivity contribution in [2.75, 3.05) is 19.0 Å². The number of hydrogen-bond acceptors (Lipinski definition) is 2. The van der Waals surface area contributed by atoms with E-state index in [1.54, 1.807) is 0 Å². The van der Waals surface area contributed by atoms with E-state index in [1.165, 1.54) is 12.0 Å². The van der Waals surface area contributed by atoms with E-state index in [9.17, 15) is 4.79 Å². The van der Waals surface area contributed by atoms with Gasteiger partial charge in [0.1, 0.15) is 5.88 Å². The van der Waals surface area contributed by atoms with Crippen LogP contribution in [0.2, 0.25) is 0 Å². The van der Waals surface area contributed by atoms with E-state index in [4.69, 9.17) is 11.6 Å². The summed E-state index contributed by atoms with van der Waals surface area (Å²) >= 11 is 5.48. The molecule has 1 aliphatic rings. The van der Waals surface area contributed by atoms with Crippen LogP contribution < -0.4 is 5.32 Å². The number of rotatable bonds is 5. The van der Waals surface area contributed by atoms with Crippen molar-refractivity contribution in [3.63, 3.8) is 0 Å². The molecule has 0 aromatic heterocycles. The Morgan fingerprint density at radius 3 is 2.89 bits per heavy atom. The predicted molar refractivity (Wildman–Crippen MR) is 73.6 cm³/mol. The molecule has 2 rings (SSSR count). The van der Waals surface area contributed by atoms with Crippen LogP contribution in [-0.2, 0) is 11.3 Å². The number of halogens is 1. The Hall–Kier alpha value is -1.06. The molecule has 18 heavy (non-hydrogen) atoms. The van der Waals surface area contributed by atoms with Crippen LogP contribution in [0, 0.1) is 0 Å². The van der Waals surface area contributed by atoms with Crippen LogP contribution in [0.5, 0.6) is 0 Å². The lowest BCUT2D eigenvalue weighted by molar-refractivity contribution is -0.118. The second kappa shape index (κ2) is 6.76. The highest BCUT2D eigenvalue weighted by atomic mass is 35.5. The minimum atomic E-state index is -0.0803. The Kier molecular flexibility index (Phi) is 5.02. The maximum Gasteiger partial charge on any atom is 0.234 e. The maximum atomic E-state index is 11.2. The lowest BCUT2D eigenvalue weighted by Crippen LogP contribution is -2.40. The molecule has 1 aliphatic heterocycles. The summed E-state index contributed by atoms with van der Waals surface area (Å²) in [7, 11) is 0. The van der Waals surface area contributed by atoms with Gasteiger partial charge < -0.3 is 5.32 Å². The molecule has 1 N–H and O–H groups in total. The van der Waals surface area contributed by atoms with E-state index in [0.29, 0.717) is 12.6 Å². The summed E-state index contributed by atoms with van der Waals surface area (Å²) < 4.78 is 0. The Balaban J connectivity index is 1.86. The molecule has 98 valence electrons. The van der Waals surface area contributed by atoms with Crippen molar-refractivity contribution in [1.29, 1.82) is 0 Å². The van der Waals surface area contributed by atoms with E-state index < -0.39 is 0 Å². The van der Waals surface area contributed by atoms with E-state index in [2.05, 4.69) is 34.5 Å². The van der Waals surface area contributed by atoms with Gasteiger partial charge >= 0.3 is 0 Å². The first-order chi connectivity index (χ1) is 8.79. The first-order valence-electron chi connectivity index (χ1n) is 6.40. The Labute approximate surface area is 113 Å². The fourth-order valence-corrected chi connectivity index (χ4v) is 2.53. The minimum Gasteiger partial charge on any atom is -0.353 e. The van der Waals surface area contributed by atoms with Gasteiger partial charge in [0.2, 0.25) is 5.91 Å². The Morgan fingerprint density at radius 1 is 1.39 bits per heavy atom. The number of benzene rings is 1. The van der Waals surface area contributed by atoms with Crippen molar-refractivity contribution in [1.82, 2.24) is 10.2 Å². The van der Waals surface area contributed by atoms with Crippen molar-refractivity contribution in [3.05, 3.63) is 35.9 Å². The molecule has 0 aliphatic carbocycles. The SMILES string of the molecule is O=C(CCl)NCC1CCCN1Cc1ccccc1. The maximum absolute atomic E-state index is 11.2. The molecule has 0 spiro atoms. The summed E-state index contributed by atoms with van der Waals surface area (Å²) in [6.45, 7) is 2.77. The Morgan fingerprint density at radius 2 is 2.17 bits per heavy atom. The molecule has 1 amide bonds.